The Labute approximate surface area is 193 Å². The van der Waals surface area contributed by atoms with Gasteiger partial charge in [-0.25, -0.2) is 15.0 Å². The van der Waals surface area contributed by atoms with Crippen LogP contribution in [0.25, 0.3) is 22.6 Å². The van der Waals surface area contributed by atoms with Crippen LogP contribution in [0.1, 0.15) is 37.5 Å². The molecule has 3 aromatic rings. The fraction of sp³-hybridized carbons (Fsp3) is 0.542. The van der Waals surface area contributed by atoms with E-state index in [1.165, 1.54) is 12.8 Å². The first-order valence-corrected chi connectivity index (χ1v) is 12.1. The monoisotopic (exact) mass is 452 g/mol. The average Bonchev–Trinajstić information content (AvgIpc) is 3.60. The van der Waals surface area contributed by atoms with E-state index in [0.29, 0.717) is 5.02 Å². The third-order valence-corrected chi connectivity index (χ3v) is 7.31. The number of aryl methyl sites for hydroxylation is 1. The molecular formula is C24H29ClN6O. The number of halogens is 1. The summed E-state index contributed by atoms with van der Waals surface area (Å²) in [5.74, 6) is 2.63. The van der Waals surface area contributed by atoms with E-state index in [1.807, 2.05) is 31.2 Å². The molecule has 2 aliphatic heterocycles. The molecule has 2 saturated heterocycles. The summed E-state index contributed by atoms with van der Waals surface area (Å²) in [4.78, 5) is 20.0. The van der Waals surface area contributed by atoms with Crippen LogP contribution in [0, 0.1) is 6.92 Å². The summed E-state index contributed by atoms with van der Waals surface area (Å²) in [5.41, 5.74) is 2.75. The van der Waals surface area contributed by atoms with E-state index in [2.05, 4.69) is 14.4 Å². The Morgan fingerprint density at radius 1 is 0.906 bits per heavy atom. The zero-order valence-electron chi connectivity index (χ0n) is 18.5. The fourth-order valence-electron chi connectivity index (χ4n) is 5.15. The molecule has 0 spiro atoms. The highest BCUT2D eigenvalue weighted by atomic mass is 35.5. The fourth-order valence-corrected chi connectivity index (χ4v) is 5.37. The quantitative estimate of drug-likeness (QED) is 0.594. The Balaban J connectivity index is 1.48. The molecule has 0 N–H and O–H groups in total. The molecule has 4 heterocycles. The molecule has 0 amide bonds. The van der Waals surface area contributed by atoms with E-state index >= 15 is 0 Å². The Bertz CT molecular complexity index is 1130. The van der Waals surface area contributed by atoms with Crippen LogP contribution in [0.4, 0.5) is 5.82 Å². The first-order valence-electron chi connectivity index (χ1n) is 11.8. The number of ether oxygens (including phenoxy) is 1. The molecule has 1 aromatic carbocycles. The van der Waals surface area contributed by atoms with Crippen LogP contribution in [0.5, 0.6) is 0 Å². The van der Waals surface area contributed by atoms with Crippen molar-refractivity contribution in [3.63, 3.8) is 0 Å². The van der Waals surface area contributed by atoms with Gasteiger partial charge in [0, 0.05) is 57.0 Å². The van der Waals surface area contributed by atoms with Crippen molar-refractivity contribution in [1.82, 2.24) is 24.4 Å². The van der Waals surface area contributed by atoms with Gasteiger partial charge in [0.2, 0.25) is 0 Å². The van der Waals surface area contributed by atoms with Crippen LogP contribution in [0.3, 0.4) is 0 Å². The van der Waals surface area contributed by atoms with E-state index in [-0.39, 0.29) is 6.04 Å². The minimum Gasteiger partial charge on any atom is -0.381 e. The number of hydrogen-bond acceptors (Lipinski definition) is 6. The Morgan fingerprint density at radius 2 is 1.66 bits per heavy atom. The van der Waals surface area contributed by atoms with Crippen LogP contribution in [0.2, 0.25) is 5.02 Å². The van der Waals surface area contributed by atoms with Gasteiger partial charge in [0.15, 0.2) is 17.0 Å². The average molecular weight is 453 g/mol. The second-order valence-electron chi connectivity index (χ2n) is 9.15. The Morgan fingerprint density at radius 3 is 2.38 bits per heavy atom. The number of piperazine rings is 1. The number of nitrogens with zero attached hydrogens (tertiary/aromatic N) is 6. The van der Waals surface area contributed by atoms with Gasteiger partial charge in [-0.1, -0.05) is 23.7 Å². The first-order chi connectivity index (χ1) is 15.7. The molecule has 0 bridgehead atoms. The largest absolute Gasteiger partial charge is 0.381 e. The summed E-state index contributed by atoms with van der Waals surface area (Å²) >= 11 is 6.64. The van der Waals surface area contributed by atoms with Crippen LogP contribution in [0.15, 0.2) is 24.3 Å². The van der Waals surface area contributed by atoms with Crippen molar-refractivity contribution < 1.29 is 4.74 Å². The number of hydrogen-bond donors (Lipinski definition) is 0. The Kier molecular flexibility index (Phi) is 5.28. The van der Waals surface area contributed by atoms with E-state index in [1.54, 1.807) is 0 Å². The maximum atomic E-state index is 6.64. The van der Waals surface area contributed by atoms with Gasteiger partial charge in [-0.15, -0.1) is 0 Å². The highest BCUT2D eigenvalue weighted by molar-refractivity contribution is 6.33. The summed E-state index contributed by atoms with van der Waals surface area (Å²) in [6, 6.07) is 9.05. The van der Waals surface area contributed by atoms with Gasteiger partial charge in [0.05, 0.1) is 5.02 Å². The lowest BCUT2D eigenvalue weighted by atomic mass is 10.1. The molecule has 3 aliphatic rings. The number of fused-ring (bicyclic) bond motifs is 1. The highest BCUT2D eigenvalue weighted by Crippen LogP contribution is 2.37. The Hall–Kier alpha value is -2.22. The van der Waals surface area contributed by atoms with Gasteiger partial charge in [-0.3, -0.25) is 4.90 Å². The smallest absolute Gasteiger partial charge is 0.166 e. The number of anilines is 1. The van der Waals surface area contributed by atoms with Crippen LogP contribution >= 0.6 is 11.6 Å². The van der Waals surface area contributed by atoms with Gasteiger partial charge in [-0.05, 0) is 44.7 Å². The molecule has 0 radical (unpaired) electrons. The van der Waals surface area contributed by atoms with Crippen LogP contribution in [-0.2, 0) is 4.74 Å². The lowest BCUT2D eigenvalue weighted by Crippen LogP contribution is -2.47. The number of aromatic nitrogens is 4. The SMILES string of the molecule is Cc1nc(N2CCN(C3CC3)CC2)c2nc(-c3ccccc3Cl)n(C3CCOCC3)c2n1. The summed E-state index contributed by atoms with van der Waals surface area (Å²) in [5, 5.41) is 0.709. The van der Waals surface area contributed by atoms with Crippen molar-refractivity contribution in [2.45, 2.75) is 44.7 Å². The van der Waals surface area contributed by atoms with Crippen molar-refractivity contribution in [3.05, 3.63) is 35.1 Å². The molecule has 6 rings (SSSR count). The third kappa shape index (κ3) is 3.66. The standard InChI is InChI=1S/C24H29ClN6O/c1-16-26-23(30-12-10-29(11-13-30)17-6-7-17)21-24(27-16)31(18-8-14-32-15-9-18)22(28-21)19-4-2-3-5-20(19)25/h2-5,17-18H,6-15H2,1H3. The lowest BCUT2D eigenvalue weighted by molar-refractivity contribution is 0.0708. The van der Waals surface area contributed by atoms with E-state index < -0.39 is 0 Å². The van der Waals surface area contributed by atoms with Gasteiger partial charge in [-0.2, -0.15) is 0 Å². The van der Waals surface area contributed by atoms with Crippen molar-refractivity contribution in [3.8, 4) is 11.4 Å². The minimum atomic E-state index is 0.286. The predicted octanol–water partition coefficient (Wildman–Crippen LogP) is 4.09. The molecule has 8 heteroatoms. The van der Waals surface area contributed by atoms with Crippen molar-refractivity contribution in [2.24, 2.45) is 0 Å². The summed E-state index contributed by atoms with van der Waals surface area (Å²) in [7, 11) is 0. The topological polar surface area (TPSA) is 59.3 Å². The molecule has 168 valence electrons. The van der Waals surface area contributed by atoms with E-state index in [0.717, 1.165) is 92.5 Å². The molecule has 1 aliphatic carbocycles. The first kappa shape index (κ1) is 20.4. The number of imidazole rings is 1. The van der Waals surface area contributed by atoms with Crippen molar-refractivity contribution in [1.29, 1.82) is 0 Å². The van der Waals surface area contributed by atoms with Gasteiger partial charge >= 0.3 is 0 Å². The van der Waals surface area contributed by atoms with Crippen LogP contribution < -0.4 is 4.90 Å². The number of rotatable bonds is 4. The summed E-state index contributed by atoms with van der Waals surface area (Å²) in [6.45, 7) is 7.64. The van der Waals surface area contributed by atoms with Crippen molar-refractivity contribution >= 4 is 28.6 Å². The molecule has 1 saturated carbocycles. The van der Waals surface area contributed by atoms with Gasteiger partial charge < -0.3 is 14.2 Å². The minimum absolute atomic E-state index is 0.286. The maximum Gasteiger partial charge on any atom is 0.166 e. The summed E-state index contributed by atoms with van der Waals surface area (Å²) in [6.07, 6.45) is 4.60. The molecule has 0 unspecified atom stereocenters. The molecule has 32 heavy (non-hydrogen) atoms. The molecule has 7 nitrogen and oxygen atoms in total. The molecular weight excluding hydrogens is 424 g/mol. The normalized spacial score (nSPS) is 20.9. The second kappa shape index (κ2) is 8.28. The maximum absolute atomic E-state index is 6.64. The van der Waals surface area contributed by atoms with E-state index in [9.17, 15) is 0 Å². The van der Waals surface area contributed by atoms with Gasteiger partial charge in [0.1, 0.15) is 11.6 Å². The zero-order chi connectivity index (χ0) is 21.7. The second-order valence-corrected chi connectivity index (χ2v) is 9.56. The molecule has 0 atom stereocenters. The third-order valence-electron chi connectivity index (χ3n) is 6.98. The highest BCUT2D eigenvalue weighted by Gasteiger charge is 2.33. The lowest BCUT2D eigenvalue weighted by Gasteiger charge is -2.35. The number of benzene rings is 1. The summed E-state index contributed by atoms with van der Waals surface area (Å²) < 4.78 is 7.95. The predicted molar refractivity (Wildman–Crippen MR) is 126 cm³/mol. The molecule has 2 aromatic heterocycles. The van der Waals surface area contributed by atoms with E-state index in [4.69, 9.17) is 31.3 Å². The molecule has 3 fully saturated rings. The van der Waals surface area contributed by atoms with Crippen LogP contribution in [-0.4, -0.2) is 69.9 Å². The zero-order valence-corrected chi connectivity index (χ0v) is 19.3. The van der Waals surface area contributed by atoms with Gasteiger partial charge in [0.25, 0.3) is 0 Å². The van der Waals surface area contributed by atoms with Crippen molar-refractivity contribution in [2.75, 3.05) is 44.3 Å².